The molecule has 1 amide bonds. The van der Waals surface area contributed by atoms with Crippen LogP contribution in [0.5, 0.6) is 5.75 Å². The predicted molar refractivity (Wildman–Crippen MR) is 131 cm³/mol. The molecular formula is C25H27N7O2. The van der Waals surface area contributed by atoms with Crippen LogP contribution in [0.1, 0.15) is 20.8 Å². The van der Waals surface area contributed by atoms with Crippen LogP contribution in [0.3, 0.4) is 0 Å². The number of aromatic nitrogens is 5. The lowest BCUT2D eigenvalue weighted by molar-refractivity contribution is -0.124. The van der Waals surface area contributed by atoms with Crippen molar-refractivity contribution in [3.8, 4) is 28.3 Å². The number of nitrogens with one attached hydrogen (secondary N) is 2. The molecule has 1 aromatic carbocycles. The van der Waals surface area contributed by atoms with Crippen LogP contribution in [0.15, 0.2) is 67.4 Å². The lowest BCUT2D eigenvalue weighted by Gasteiger charge is -2.20. The summed E-state index contributed by atoms with van der Waals surface area (Å²) >= 11 is 0. The number of carbonyl (C=O) groups excluding carboxylic acids is 1. The minimum atomic E-state index is -0.315. The van der Waals surface area contributed by atoms with E-state index in [1.807, 2.05) is 64.3 Å². The molecule has 2 N–H and O–H groups in total. The van der Waals surface area contributed by atoms with Crippen LogP contribution in [0.4, 0.5) is 11.5 Å². The minimum absolute atomic E-state index is 0.0730. The number of amides is 1. The summed E-state index contributed by atoms with van der Waals surface area (Å²) in [4.78, 5) is 25.6. The second-order valence-corrected chi connectivity index (χ2v) is 8.83. The molecule has 0 unspecified atom stereocenters. The average Bonchev–Trinajstić information content (AvgIpc) is 3.22. The van der Waals surface area contributed by atoms with Crippen LogP contribution in [-0.4, -0.2) is 42.8 Å². The molecule has 9 heteroatoms. The first-order chi connectivity index (χ1) is 16.3. The van der Waals surface area contributed by atoms with Crippen molar-refractivity contribution < 1.29 is 9.53 Å². The van der Waals surface area contributed by atoms with Gasteiger partial charge in [0.1, 0.15) is 11.6 Å². The number of rotatable bonds is 7. The van der Waals surface area contributed by atoms with E-state index in [9.17, 15) is 4.79 Å². The molecular weight excluding hydrogens is 430 g/mol. The van der Waals surface area contributed by atoms with Crippen molar-refractivity contribution in [1.82, 2.24) is 30.0 Å². The summed E-state index contributed by atoms with van der Waals surface area (Å²) in [7, 11) is 1.85. The maximum Gasteiger partial charge on any atom is 0.258 e. The van der Waals surface area contributed by atoms with E-state index in [4.69, 9.17) is 9.72 Å². The van der Waals surface area contributed by atoms with Gasteiger partial charge in [0.05, 0.1) is 11.9 Å². The van der Waals surface area contributed by atoms with E-state index in [0.29, 0.717) is 17.4 Å². The summed E-state index contributed by atoms with van der Waals surface area (Å²) < 4.78 is 7.41. The molecule has 0 saturated carbocycles. The molecule has 3 aromatic heterocycles. The molecule has 0 atom stereocenters. The molecule has 4 rings (SSSR count). The minimum Gasteiger partial charge on any atom is -0.484 e. The third kappa shape index (κ3) is 5.94. The number of aryl methyl sites for hydroxylation is 1. The van der Waals surface area contributed by atoms with Gasteiger partial charge < -0.3 is 15.4 Å². The summed E-state index contributed by atoms with van der Waals surface area (Å²) in [5.41, 5.74) is 3.04. The number of nitrogens with zero attached hydrogens (tertiary/aromatic N) is 5. The fraction of sp³-hybridized carbons (Fsp3) is 0.240. The van der Waals surface area contributed by atoms with Gasteiger partial charge in [0.2, 0.25) is 0 Å². The zero-order chi connectivity index (χ0) is 24.1. The first kappa shape index (κ1) is 22.9. The molecule has 0 aliphatic heterocycles. The zero-order valence-electron chi connectivity index (χ0n) is 19.6. The van der Waals surface area contributed by atoms with Gasteiger partial charge in [0.15, 0.2) is 12.4 Å². The Hall–Kier alpha value is -4.27. The summed E-state index contributed by atoms with van der Waals surface area (Å²) in [6, 6.07) is 11.2. The Bertz CT molecular complexity index is 1280. The van der Waals surface area contributed by atoms with Gasteiger partial charge in [0, 0.05) is 48.5 Å². The molecule has 3 heterocycles. The summed E-state index contributed by atoms with van der Waals surface area (Å²) in [5.74, 6) is 1.54. The lowest BCUT2D eigenvalue weighted by Crippen LogP contribution is -2.43. The first-order valence-corrected chi connectivity index (χ1v) is 10.8. The van der Waals surface area contributed by atoms with Gasteiger partial charge in [-0.05, 0) is 50.6 Å². The van der Waals surface area contributed by atoms with Crippen LogP contribution >= 0.6 is 0 Å². The number of ether oxygens (including phenoxy) is 1. The van der Waals surface area contributed by atoms with Gasteiger partial charge in [-0.1, -0.05) is 12.1 Å². The van der Waals surface area contributed by atoms with Crippen LogP contribution in [0.2, 0.25) is 0 Å². The molecule has 0 radical (unpaired) electrons. The largest absolute Gasteiger partial charge is 0.484 e. The van der Waals surface area contributed by atoms with Gasteiger partial charge in [-0.3, -0.25) is 14.5 Å². The van der Waals surface area contributed by atoms with Crippen molar-refractivity contribution in [2.75, 3.05) is 11.9 Å². The van der Waals surface area contributed by atoms with Crippen LogP contribution in [0, 0.1) is 0 Å². The summed E-state index contributed by atoms with van der Waals surface area (Å²) in [6.45, 7) is 5.71. The highest BCUT2D eigenvalue weighted by Gasteiger charge is 2.15. The molecule has 4 aromatic rings. The second-order valence-electron chi connectivity index (χ2n) is 8.83. The quantitative estimate of drug-likeness (QED) is 0.432. The molecule has 9 nitrogen and oxygen atoms in total. The van der Waals surface area contributed by atoms with Crippen molar-refractivity contribution in [2.45, 2.75) is 26.3 Å². The van der Waals surface area contributed by atoms with Gasteiger partial charge in [-0.25, -0.2) is 9.97 Å². The Morgan fingerprint density at radius 2 is 1.88 bits per heavy atom. The average molecular weight is 458 g/mol. The highest BCUT2D eigenvalue weighted by molar-refractivity contribution is 5.79. The Morgan fingerprint density at radius 3 is 2.59 bits per heavy atom. The fourth-order valence-corrected chi connectivity index (χ4v) is 3.31. The molecule has 34 heavy (non-hydrogen) atoms. The van der Waals surface area contributed by atoms with Crippen molar-refractivity contribution >= 4 is 17.4 Å². The van der Waals surface area contributed by atoms with E-state index >= 15 is 0 Å². The zero-order valence-corrected chi connectivity index (χ0v) is 19.6. The summed E-state index contributed by atoms with van der Waals surface area (Å²) in [6.07, 6.45) is 8.84. The third-order valence-corrected chi connectivity index (χ3v) is 4.72. The number of carbonyl (C=O) groups is 1. The maximum atomic E-state index is 12.1. The number of anilines is 2. The molecule has 0 spiro atoms. The van der Waals surface area contributed by atoms with E-state index in [1.165, 1.54) is 0 Å². The van der Waals surface area contributed by atoms with E-state index in [0.717, 1.165) is 22.4 Å². The Balaban J connectivity index is 1.61. The third-order valence-electron chi connectivity index (χ3n) is 4.72. The highest BCUT2D eigenvalue weighted by Crippen LogP contribution is 2.30. The molecule has 0 aliphatic rings. The van der Waals surface area contributed by atoms with E-state index in [1.54, 1.807) is 35.5 Å². The molecule has 174 valence electrons. The normalized spacial score (nSPS) is 11.2. The number of benzene rings is 1. The lowest BCUT2D eigenvalue weighted by atomic mass is 10.1. The topological polar surface area (TPSA) is 107 Å². The van der Waals surface area contributed by atoms with Gasteiger partial charge in [0.25, 0.3) is 5.91 Å². The maximum absolute atomic E-state index is 12.1. The molecule has 0 fully saturated rings. The van der Waals surface area contributed by atoms with Crippen molar-refractivity contribution in [1.29, 1.82) is 0 Å². The SMILES string of the molecule is Cn1cc(Nc2nc(-c3cccc(OCC(=O)NC(C)(C)C)c3)ncc2-c2ccncc2)cn1. The van der Waals surface area contributed by atoms with Crippen LogP contribution in [-0.2, 0) is 11.8 Å². The van der Waals surface area contributed by atoms with Gasteiger partial charge in [-0.15, -0.1) is 0 Å². The number of hydrogen-bond donors (Lipinski definition) is 2. The molecule has 0 saturated heterocycles. The Labute approximate surface area is 198 Å². The first-order valence-electron chi connectivity index (χ1n) is 10.8. The van der Waals surface area contributed by atoms with Crippen LogP contribution in [0.25, 0.3) is 22.5 Å². The van der Waals surface area contributed by atoms with Crippen molar-refractivity contribution in [3.05, 3.63) is 67.4 Å². The highest BCUT2D eigenvalue weighted by atomic mass is 16.5. The van der Waals surface area contributed by atoms with E-state index in [2.05, 4.69) is 25.7 Å². The van der Waals surface area contributed by atoms with Gasteiger partial charge in [-0.2, -0.15) is 5.10 Å². The predicted octanol–water partition coefficient (Wildman–Crippen LogP) is 3.98. The van der Waals surface area contributed by atoms with Crippen molar-refractivity contribution in [2.24, 2.45) is 7.05 Å². The number of hydrogen-bond acceptors (Lipinski definition) is 7. The Morgan fingerprint density at radius 1 is 1.09 bits per heavy atom. The number of pyridine rings is 1. The molecule has 0 bridgehead atoms. The second kappa shape index (κ2) is 9.70. The van der Waals surface area contributed by atoms with Gasteiger partial charge >= 0.3 is 0 Å². The standard InChI is InChI=1S/C25H27N7O2/c1-25(2,3)31-22(33)16-34-20-7-5-6-18(12-20)23-27-14-21(17-8-10-26-11-9-17)24(30-23)29-19-13-28-32(4)15-19/h5-15H,16H2,1-4H3,(H,31,33)(H,27,29,30). The fourth-order valence-electron chi connectivity index (χ4n) is 3.31. The van der Waals surface area contributed by atoms with E-state index < -0.39 is 0 Å². The molecule has 0 aliphatic carbocycles. The smallest absolute Gasteiger partial charge is 0.258 e. The summed E-state index contributed by atoms with van der Waals surface area (Å²) in [5, 5.41) is 10.4. The Kier molecular flexibility index (Phi) is 6.53. The van der Waals surface area contributed by atoms with Crippen molar-refractivity contribution in [3.63, 3.8) is 0 Å². The monoisotopic (exact) mass is 457 g/mol. The van der Waals surface area contributed by atoms with E-state index in [-0.39, 0.29) is 18.1 Å². The van der Waals surface area contributed by atoms with Crippen LogP contribution < -0.4 is 15.4 Å².